The van der Waals surface area contributed by atoms with E-state index < -0.39 is 115 Å². The van der Waals surface area contributed by atoms with E-state index in [2.05, 4.69) is 4.98 Å². The molecule has 0 N–H and O–H groups in total. The summed E-state index contributed by atoms with van der Waals surface area (Å²) in [4.78, 5) is 15.3. The van der Waals surface area contributed by atoms with E-state index in [1.807, 2.05) is 0 Å². The smallest absolute Gasteiger partial charge is 0.302 e. The van der Waals surface area contributed by atoms with Gasteiger partial charge in [0.2, 0.25) is 0 Å². The molecule has 3 nitrogen and oxygen atoms in total. The number of hydrogen-bond acceptors (Lipinski definition) is 3. The van der Waals surface area contributed by atoms with Crippen LogP contribution in [0.1, 0.15) is 93.0 Å². The molecule has 154 valence electrons. The van der Waals surface area contributed by atoms with E-state index in [0.717, 1.165) is 0 Å². The lowest BCUT2D eigenvalue weighted by Crippen LogP contribution is -2.50. The van der Waals surface area contributed by atoms with Crippen molar-refractivity contribution in [1.82, 2.24) is 4.98 Å². The first-order valence-corrected chi connectivity index (χ1v) is 9.92. The Kier molecular flexibility index (Phi) is 1.96. The van der Waals surface area contributed by atoms with Crippen LogP contribution in [0.15, 0.2) is 42.1 Å². The number of ether oxygens (including phenoxy) is 1. The molecule has 6 atom stereocenters. The Morgan fingerprint density at radius 1 is 1.31 bits per heavy atom. The van der Waals surface area contributed by atoms with Crippen molar-refractivity contribution in [2.24, 2.45) is 28.6 Å². The molecule has 0 spiro atoms. The monoisotopic (exact) mass is 407 g/mol. The second-order valence-corrected chi connectivity index (χ2v) is 8.35. The van der Waals surface area contributed by atoms with Crippen LogP contribution >= 0.6 is 0 Å². The third-order valence-corrected chi connectivity index (χ3v) is 6.82. The number of rotatable bonds is 2. The van der Waals surface area contributed by atoms with Crippen LogP contribution in [0.25, 0.3) is 5.57 Å². The zero-order valence-electron chi connectivity index (χ0n) is 32.1. The minimum Gasteiger partial charge on any atom is -0.462 e. The van der Waals surface area contributed by atoms with E-state index in [-0.39, 0.29) is 37.3 Å². The molecule has 0 amide bonds. The number of esters is 1. The van der Waals surface area contributed by atoms with Gasteiger partial charge >= 0.3 is 5.97 Å². The van der Waals surface area contributed by atoms with Gasteiger partial charge in [0.1, 0.15) is 6.10 Å². The Hall–Kier alpha value is -1.90. The van der Waals surface area contributed by atoms with Crippen molar-refractivity contribution in [2.45, 2.75) is 71.6 Å². The molecule has 2 fully saturated rings. The van der Waals surface area contributed by atoms with Gasteiger partial charge in [-0.1, -0.05) is 37.4 Å². The molecule has 4 aliphatic carbocycles. The fourth-order valence-corrected chi connectivity index (χ4v) is 5.47. The fraction of sp³-hybridized carbons (Fsp3) is 0.615. The van der Waals surface area contributed by atoms with E-state index in [0.29, 0.717) is 0 Å². The maximum Gasteiger partial charge on any atom is 0.302 e. The number of carbonyl (C=O) groups is 1. The molecule has 29 heavy (non-hydrogen) atoms. The first-order chi connectivity index (χ1) is 20.4. The number of hydrogen-bond donors (Lipinski definition) is 0. The van der Waals surface area contributed by atoms with E-state index in [4.69, 9.17) is 23.9 Å². The molecule has 1 heterocycles. The summed E-state index contributed by atoms with van der Waals surface area (Å²) in [5.74, 6) is -5.02. The van der Waals surface area contributed by atoms with E-state index in [1.54, 1.807) is 0 Å². The standard InChI is InChI=1S/C26H33NO2/c1-17(28)29-20-10-12-25(2)19(15-20)6-7-21-23-9-8-22(18-5-4-14-27-16-18)26(23,3)13-11-24(21)25/h4-6,8,14,16,20-21,23-24H,7,9-13,15H2,1-3H3/t20-,21?,23?,24?,25-,26+/m0/s1/i2D3,3D3,4D,5D,6D,8D,9D2,13D2,14D,16D. The zero-order chi connectivity index (χ0) is 34.0. The molecule has 3 heteroatoms. The summed E-state index contributed by atoms with van der Waals surface area (Å²) in [7, 11) is 0. The molecule has 2 saturated carbocycles. The Balaban J connectivity index is 1.84. The number of fused-ring (bicyclic) bond motifs is 5. The third kappa shape index (κ3) is 2.92. The predicted octanol–water partition coefficient (Wildman–Crippen LogP) is 5.97. The highest BCUT2D eigenvalue weighted by Gasteiger charge is 2.56. The third-order valence-electron chi connectivity index (χ3n) is 6.82. The molecular formula is C26H33NO2. The van der Waals surface area contributed by atoms with Gasteiger partial charge in [-0.05, 0) is 84.2 Å². The Bertz CT molecular complexity index is 1530. The van der Waals surface area contributed by atoms with Gasteiger partial charge in [0.25, 0.3) is 0 Å². The second kappa shape index (κ2) is 6.82. The lowest BCUT2D eigenvalue weighted by Gasteiger charge is -2.57. The van der Waals surface area contributed by atoms with Gasteiger partial charge in [-0.15, -0.1) is 0 Å². The quantitative estimate of drug-likeness (QED) is 0.448. The van der Waals surface area contributed by atoms with Gasteiger partial charge in [-0.3, -0.25) is 9.78 Å². The van der Waals surface area contributed by atoms with Crippen LogP contribution < -0.4 is 0 Å². The van der Waals surface area contributed by atoms with Gasteiger partial charge in [-0.25, -0.2) is 0 Å². The maximum atomic E-state index is 11.7. The summed E-state index contributed by atoms with van der Waals surface area (Å²) >= 11 is 0. The van der Waals surface area contributed by atoms with Gasteiger partial charge in [-0.2, -0.15) is 0 Å². The number of allylic oxidation sites excluding steroid dienone is 3. The topological polar surface area (TPSA) is 39.2 Å². The van der Waals surface area contributed by atoms with Crippen molar-refractivity contribution in [2.75, 3.05) is 0 Å². The van der Waals surface area contributed by atoms with Crippen LogP contribution in [-0.4, -0.2) is 17.1 Å². The van der Waals surface area contributed by atoms with Crippen molar-refractivity contribution < 1.29 is 31.5 Å². The highest BCUT2D eigenvalue weighted by molar-refractivity contribution is 5.72. The first-order valence-electron chi connectivity index (χ1n) is 17.9. The van der Waals surface area contributed by atoms with E-state index >= 15 is 0 Å². The highest BCUT2D eigenvalue weighted by Crippen LogP contribution is 2.66. The van der Waals surface area contributed by atoms with Crippen molar-refractivity contribution >= 4 is 11.5 Å². The van der Waals surface area contributed by atoms with Crippen molar-refractivity contribution in [3.8, 4) is 0 Å². The van der Waals surface area contributed by atoms with Crippen LogP contribution in [0, 0.1) is 28.6 Å². The first kappa shape index (κ1) is 8.32. The van der Waals surface area contributed by atoms with Crippen LogP contribution in [0.4, 0.5) is 0 Å². The highest BCUT2D eigenvalue weighted by atomic mass is 16.5. The zero-order valence-corrected chi connectivity index (χ0v) is 16.1. The van der Waals surface area contributed by atoms with Gasteiger partial charge in [0.15, 0.2) is 0 Å². The Morgan fingerprint density at radius 3 is 3.03 bits per heavy atom. The summed E-state index contributed by atoms with van der Waals surface area (Å²) in [6.07, 6.45) is -9.53. The summed E-state index contributed by atoms with van der Waals surface area (Å²) in [5.41, 5.74) is -6.17. The summed E-state index contributed by atoms with van der Waals surface area (Å²) in [6.45, 7) is -5.07. The number of aromatic nitrogens is 1. The van der Waals surface area contributed by atoms with Crippen molar-refractivity contribution in [3.05, 3.63) is 47.7 Å². The molecule has 1 aromatic heterocycles. The Morgan fingerprint density at radius 2 is 2.21 bits per heavy atom. The van der Waals surface area contributed by atoms with Gasteiger partial charge in [0, 0.05) is 39.4 Å². The normalized spacial score (nSPS) is 53.8. The molecule has 3 unspecified atom stereocenters. The minimum atomic E-state index is -3.43. The van der Waals surface area contributed by atoms with Crippen molar-refractivity contribution in [3.63, 3.8) is 0 Å². The second-order valence-electron chi connectivity index (χ2n) is 8.35. The summed E-state index contributed by atoms with van der Waals surface area (Å²) in [6, 6.07) is -2.90. The van der Waals surface area contributed by atoms with Gasteiger partial charge < -0.3 is 4.74 Å². The molecule has 0 aromatic carbocycles. The van der Waals surface area contributed by atoms with Crippen LogP contribution in [0.3, 0.4) is 0 Å². The average molecular weight is 408 g/mol. The maximum absolute atomic E-state index is 11.7. The molecule has 0 aliphatic heterocycles. The summed E-state index contributed by atoms with van der Waals surface area (Å²) in [5, 5.41) is 0. The molecule has 0 radical (unpaired) electrons. The van der Waals surface area contributed by atoms with Crippen LogP contribution in [0.5, 0.6) is 0 Å². The van der Waals surface area contributed by atoms with Crippen LogP contribution in [0.2, 0.25) is 0 Å². The Labute approximate surface area is 197 Å². The van der Waals surface area contributed by atoms with E-state index in [9.17, 15) is 7.54 Å². The molecule has 4 aliphatic rings. The largest absolute Gasteiger partial charge is 0.462 e. The molecule has 5 rings (SSSR count). The van der Waals surface area contributed by atoms with E-state index in [1.165, 1.54) is 6.92 Å². The average Bonchev–Trinajstić information content (AvgIpc) is 3.07. The molecular weight excluding hydrogens is 358 g/mol. The number of carbonyl (C=O) groups excluding carboxylic acids is 1. The van der Waals surface area contributed by atoms with Gasteiger partial charge in [0.05, 0.1) is 8.22 Å². The predicted molar refractivity (Wildman–Crippen MR) is 115 cm³/mol. The van der Waals surface area contributed by atoms with Crippen LogP contribution in [-0.2, 0) is 9.53 Å². The fourth-order valence-electron chi connectivity index (χ4n) is 5.47. The van der Waals surface area contributed by atoms with Crippen molar-refractivity contribution in [1.29, 1.82) is 0 Å². The lowest BCUT2D eigenvalue weighted by molar-refractivity contribution is -0.148. The molecule has 0 bridgehead atoms. The summed E-state index contributed by atoms with van der Waals surface area (Å²) < 4.78 is 146. The molecule has 0 saturated heterocycles. The molecule has 1 aromatic rings. The SMILES string of the molecule is [2H]C1=C2C[C@@H](OC(C)=O)CC[C@]2(C([2H])([2H])[2H])C2CC([2H])([2H])[C@]3(C([2H])([2H])[2H])C(c4c([2H])nc([2H])c([2H])c4[2H])=C([2H])C([2H])([2H])C3C2C1. The number of pyridine rings is 1. The minimum absolute atomic E-state index is 0.0674. The lowest BCUT2D eigenvalue weighted by atomic mass is 9.47. The number of nitrogens with zero attached hydrogens (tertiary/aromatic N) is 1.